The highest BCUT2D eigenvalue weighted by molar-refractivity contribution is 6.32. The van der Waals surface area contributed by atoms with Crippen molar-refractivity contribution < 1.29 is 2.74 Å². The Morgan fingerprint density at radius 3 is 1.00 bits per heavy atom. The Kier molecular flexibility index (Phi) is 7.66. The van der Waals surface area contributed by atoms with Gasteiger partial charge >= 0.3 is 0 Å². The Balaban J connectivity index is 1.17. The molecule has 4 heteroatoms. The molecular formula is C62H50N4. The number of nitrogens with zero attached hydrogens (tertiary/aromatic N) is 4. The molecule has 0 N–H and O–H groups in total. The zero-order valence-electron chi connectivity index (χ0n) is 40.6. The van der Waals surface area contributed by atoms with Gasteiger partial charge in [0, 0.05) is 65.8 Å². The van der Waals surface area contributed by atoms with Gasteiger partial charge in [-0.2, -0.15) is 0 Å². The molecule has 0 fully saturated rings. The highest BCUT2D eigenvalue weighted by Crippen LogP contribution is 2.52. The van der Waals surface area contributed by atoms with Crippen molar-refractivity contribution in [2.24, 2.45) is 0 Å². The molecule has 0 aliphatic rings. The lowest BCUT2D eigenvalue weighted by Crippen LogP contribution is -2.13. The molecule has 318 valence electrons. The summed E-state index contributed by atoms with van der Waals surface area (Å²) in [7, 11) is 0. The maximum absolute atomic E-state index is 10.5. The van der Waals surface area contributed by atoms with Crippen molar-refractivity contribution in [2.45, 2.75) is 55.4 Å². The van der Waals surface area contributed by atoms with E-state index < -0.39 is 0 Å². The van der Waals surface area contributed by atoms with E-state index in [4.69, 9.17) is 0 Å². The molecule has 13 aromatic rings. The van der Waals surface area contributed by atoms with Crippen LogP contribution in [0.25, 0.3) is 76.2 Å². The fourth-order valence-electron chi connectivity index (χ4n) is 11.2. The van der Waals surface area contributed by atoms with E-state index in [0.717, 1.165) is 110 Å². The minimum Gasteiger partial charge on any atom is -0.309 e. The summed E-state index contributed by atoms with van der Waals surface area (Å²) >= 11 is 0. The van der Waals surface area contributed by atoms with Crippen LogP contribution in [0.1, 0.15) is 47.2 Å². The second kappa shape index (κ2) is 13.8. The Morgan fingerprint density at radius 1 is 0.318 bits per heavy atom. The number of aromatic nitrogens is 2. The van der Waals surface area contributed by atoms with Gasteiger partial charge in [-0.15, -0.1) is 0 Å². The maximum atomic E-state index is 10.5. The smallest absolute Gasteiger partial charge is 0.0653 e. The molecule has 9 aromatic carbocycles. The Labute approximate surface area is 387 Å². The number of fused-ring (bicyclic) bond motifs is 12. The van der Waals surface area contributed by atoms with Gasteiger partial charge in [0.25, 0.3) is 0 Å². The molecule has 0 spiro atoms. The molecule has 4 heterocycles. The summed E-state index contributed by atoms with van der Waals surface area (Å²) in [6.07, 6.45) is 0. The average molecular weight is 853 g/mol. The van der Waals surface area contributed by atoms with Crippen molar-refractivity contribution in [1.29, 1.82) is 0 Å². The lowest BCUT2D eigenvalue weighted by atomic mass is 10.00. The number of hydrogen-bond donors (Lipinski definition) is 0. The molecule has 66 heavy (non-hydrogen) atoms. The summed E-state index contributed by atoms with van der Waals surface area (Å²) in [5.41, 5.74) is 21.9. The third-order valence-electron chi connectivity index (χ3n) is 14.4. The van der Waals surface area contributed by atoms with E-state index in [9.17, 15) is 2.74 Å². The fourth-order valence-corrected chi connectivity index (χ4v) is 11.2. The minimum absolute atomic E-state index is 0.440. The van der Waals surface area contributed by atoms with E-state index in [1.807, 2.05) is 0 Å². The topological polar surface area (TPSA) is 15.3 Å². The number of hydrogen-bond acceptors (Lipinski definition) is 2. The van der Waals surface area contributed by atoms with E-state index in [1.165, 1.54) is 44.5 Å². The first kappa shape index (κ1) is 36.5. The van der Waals surface area contributed by atoms with E-state index in [-0.39, 0.29) is 0 Å². The Morgan fingerprint density at radius 2 is 0.652 bits per heavy atom. The predicted molar refractivity (Wildman–Crippen MR) is 283 cm³/mol. The first-order chi connectivity index (χ1) is 32.9. The second-order valence-electron chi connectivity index (χ2n) is 18.9. The number of benzene rings is 9. The van der Waals surface area contributed by atoms with Gasteiger partial charge in [0.05, 0.1) is 47.2 Å². The monoisotopic (exact) mass is 852 g/mol. The SMILES string of the molecule is [2H]c1c2c3ccc(N(c4cc(C)ccc4C)c4cc(C)ccc4C)c4c5ccccc5n(c2c([2H])c2c5ccc(N(c6cc(C)ccc6C)c6cc(C)ccc6C)c6c7ccccc7n(c12)c56)c34. The van der Waals surface area contributed by atoms with Gasteiger partial charge in [-0.25, -0.2) is 0 Å². The van der Waals surface area contributed by atoms with Crippen LogP contribution in [0.5, 0.6) is 0 Å². The number of rotatable bonds is 6. The van der Waals surface area contributed by atoms with Crippen LogP contribution < -0.4 is 9.80 Å². The van der Waals surface area contributed by atoms with Crippen molar-refractivity contribution >= 4 is 110 Å². The molecule has 0 saturated heterocycles. The average Bonchev–Trinajstić information content (AvgIpc) is 4.08. The third-order valence-corrected chi connectivity index (χ3v) is 14.4. The van der Waals surface area contributed by atoms with Crippen LogP contribution >= 0.6 is 0 Å². The lowest BCUT2D eigenvalue weighted by Gasteiger charge is -2.30. The molecule has 0 saturated carbocycles. The molecule has 13 rings (SSSR count). The summed E-state index contributed by atoms with van der Waals surface area (Å²) in [5.74, 6) is 0. The molecular weight excluding hydrogens is 801 g/mol. The van der Waals surface area contributed by atoms with E-state index in [1.54, 1.807) is 0 Å². The molecule has 0 atom stereocenters. The van der Waals surface area contributed by atoms with Crippen LogP contribution in [0.15, 0.2) is 158 Å². The van der Waals surface area contributed by atoms with E-state index in [2.05, 4.69) is 220 Å². The highest BCUT2D eigenvalue weighted by Gasteiger charge is 2.29. The first-order valence-corrected chi connectivity index (χ1v) is 23.1. The molecule has 4 nitrogen and oxygen atoms in total. The minimum atomic E-state index is 0.440. The van der Waals surface area contributed by atoms with Crippen LogP contribution in [0, 0.1) is 55.4 Å². The van der Waals surface area contributed by atoms with E-state index >= 15 is 0 Å². The van der Waals surface area contributed by atoms with Crippen LogP contribution in [0.3, 0.4) is 0 Å². The molecule has 0 unspecified atom stereocenters. The highest BCUT2D eigenvalue weighted by atomic mass is 15.2. The van der Waals surface area contributed by atoms with Gasteiger partial charge in [0.15, 0.2) is 0 Å². The number of anilines is 6. The first-order valence-electron chi connectivity index (χ1n) is 24.1. The molecule has 0 radical (unpaired) electrons. The third kappa shape index (κ3) is 5.27. The standard InChI is InChI=1S/C62H50N4/c1-35-17-21-39(5)53(29-35)63(54-30-36(2)18-22-40(54)6)51-27-25-43-47-33-58-48(34-57(47)65-49-15-11-9-13-45(49)59(51)61(43)65)44-26-28-52(60-46-14-10-12-16-50(46)66(58)62(44)60)64(55-31-37(3)19-23-41(55)7)56-32-38(4)20-24-42(56)8/h9-34H,1-8H3/i33D,34D. The Hall–Kier alpha value is -7.82. The second-order valence-corrected chi connectivity index (χ2v) is 18.9. The van der Waals surface area contributed by atoms with Crippen LogP contribution in [-0.4, -0.2) is 8.80 Å². The lowest BCUT2D eigenvalue weighted by molar-refractivity contribution is 1.22. The summed E-state index contributed by atoms with van der Waals surface area (Å²) in [5, 5.41) is 8.07. The molecule has 0 bridgehead atoms. The quantitative estimate of drug-likeness (QED) is 0.166. The number of para-hydroxylation sites is 2. The van der Waals surface area contributed by atoms with Crippen molar-refractivity contribution in [2.75, 3.05) is 9.80 Å². The normalized spacial score (nSPS) is 12.7. The van der Waals surface area contributed by atoms with Gasteiger partial charge in [-0.3, -0.25) is 0 Å². The van der Waals surface area contributed by atoms with Crippen molar-refractivity contribution in [3.8, 4) is 0 Å². The van der Waals surface area contributed by atoms with Crippen molar-refractivity contribution in [3.63, 3.8) is 0 Å². The fraction of sp³-hybridized carbons (Fsp3) is 0.129. The van der Waals surface area contributed by atoms with Gasteiger partial charge in [-0.05, 0) is 161 Å². The Bertz CT molecular complexity index is 3910. The van der Waals surface area contributed by atoms with Crippen LogP contribution in [0.2, 0.25) is 0 Å². The van der Waals surface area contributed by atoms with Crippen LogP contribution in [0.4, 0.5) is 34.1 Å². The van der Waals surface area contributed by atoms with Crippen LogP contribution in [-0.2, 0) is 0 Å². The zero-order chi connectivity index (χ0) is 46.6. The summed E-state index contributed by atoms with van der Waals surface area (Å²) in [6.45, 7) is 17.4. The van der Waals surface area contributed by atoms with Gasteiger partial charge in [-0.1, -0.05) is 97.1 Å². The number of aryl methyl sites for hydroxylation is 8. The van der Waals surface area contributed by atoms with Gasteiger partial charge in [0.1, 0.15) is 0 Å². The summed E-state index contributed by atoms with van der Waals surface area (Å²) in [6, 6.07) is 54.0. The zero-order valence-corrected chi connectivity index (χ0v) is 38.6. The van der Waals surface area contributed by atoms with E-state index in [0.29, 0.717) is 12.1 Å². The van der Waals surface area contributed by atoms with Gasteiger partial charge in [0.2, 0.25) is 0 Å². The summed E-state index contributed by atoms with van der Waals surface area (Å²) in [4.78, 5) is 4.89. The summed E-state index contributed by atoms with van der Waals surface area (Å²) < 4.78 is 25.7. The van der Waals surface area contributed by atoms with Crippen molar-refractivity contribution in [1.82, 2.24) is 8.80 Å². The predicted octanol–water partition coefficient (Wildman–Crippen LogP) is 17.4. The van der Waals surface area contributed by atoms with Crippen molar-refractivity contribution in [3.05, 3.63) is 202 Å². The maximum Gasteiger partial charge on any atom is 0.0653 e. The largest absolute Gasteiger partial charge is 0.309 e. The molecule has 0 aliphatic carbocycles. The van der Waals surface area contributed by atoms with Gasteiger partial charge < -0.3 is 18.6 Å². The molecule has 0 amide bonds. The molecule has 0 aliphatic heterocycles. The molecule has 4 aromatic heterocycles.